The Bertz CT molecular complexity index is 377. The van der Waals surface area contributed by atoms with E-state index in [1.807, 2.05) is 30.3 Å². The van der Waals surface area contributed by atoms with Crippen LogP contribution in [0.4, 0.5) is 0 Å². The minimum absolute atomic E-state index is 0.0223. The second-order valence-corrected chi connectivity index (χ2v) is 5.22. The Hall–Kier alpha value is -1.00. The maximum atomic E-state index is 12.0. The number of rotatable bonds is 4. The van der Waals surface area contributed by atoms with Crippen LogP contribution < -0.4 is 5.32 Å². The van der Waals surface area contributed by atoms with E-state index in [0.29, 0.717) is 6.42 Å². The van der Waals surface area contributed by atoms with Crippen molar-refractivity contribution in [1.82, 2.24) is 5.32 Å². The molecule has 1 unspecified atom stereocenters. The number of hydrogen-bond acceptors (Lipinski definition) is 3. The Labute approximate surface area is 113 Å². The molecule has 1 amide bonds. The third kappa shape index (κ3) is 4.03. The quantitative estimate of drug-likeness (QED) is 0.815. The van der Waals surface area contributed by atoms with Crippen molar-refractivity contribution < 1.29 is 9.53 Å². The van der Waals surface area contributed by atoms with Crippen LogP contribution in [0.15, 0.2) is 30.3 Å². The summed E-state index contributed by atoms with van der Waals surface area (Å²) in [5.74, 6) is 0.0223. The largest absolute Gasteiger partial charge is 0.381 e. The van der Waals surface area contributed by atoms with E-state index in [4.69, 9.17) is 4.74 Å². The van der Waals surface area contributed by atoms with Crippen molar-refractivity contribution in [2.45, 2.75) is 30.6 Å². The van der Waals surface area contributed by atoms with Gasteiger partial charge in [0.1, 0.15) is 0 Å². The predicted octanol–water partition coefficient (Wildman–Crippen LogP) is 1.82. The SMILES string of the molecule is O=C(NC1CCOCC1)C(S)Cc1ccccc1. The summed E-state index contributed by atoms with van der Waals surface area (Å²) < 4.78 is 5.27. The molecule has 0 saturated carbocycles. The second kappa shape index (κ2) is 6.81. The number of carbonyl (C=O) groups is 1. The smallest absolute Gasteiger partial charge is 0.233 e. The molecule has 1 saturated heterocycles. The van der Waals surface area contributed by atoms with Crippen molar-refractivity contribution in [1.29, 1.82) is 0 Å². The summed E-state index contributed by atoms with van der Waals surface area (Å²) >= 11 is 4.39. The number of ether oxygens (including phenoxy) is 1. The molecule has 1 N–H and O–H groups in total. The van der Waals surface area contributed by atoms with Crippen LogP contribution in [0.5, 0.6) is 0 Å². The fourth-order valence-corrected chi connectivity index (χ4v) is 2.35. The number of nitrogens with one attached hydrogen (secondary N) is 1. The van der Waals surface area contributed by atoms with Crippen molar-refractivity contribution in [3.05, 3.63) is 35.9 Å². The maximum absolute atomic E-state index is 12.0. The van der Waals surface area contributed by atoms with Gasteiger partial charge in [0.2, 0.25) is 5.91 Å². The number of carbonyl (C=O) groups excluding carboxylic acids is 1. The summed E-state index contributed by atoms with van der Waals surface area (Å²) in [6.07, 6.45) is 2.47. The lowest BCUT2D eigenvalue weighted by Gasteiger charge is -2.24. The van der Waals surface area contributed by atoms with Gasteiger partial charge in [-0.15, -0.1) is 0 Å². The molecule has 98 valence electrons. The highest BCUT2D eigenvalue weighted by molar-refractivity contribution is 7.81. The third-order valence-corrected chi connectivity index (χ3v) is 3.56. The van der Waals surface area contributed by atoms with Crippen LogP contribution in [0, 0.1) is 0 Å². The van der Waals surface area contributed by atoms with E-state index < -0.39 is 0 Å². The minimum atomic E-state index is -0.282. The highest BCUT2D eigenvalue weighted by Crippen LogP contribution is 2.10. The summed E-state index contributed by atoms with van der Waals surface area (Å²) in [5.41, 5.74) is 1.14. The fraction of sp³-hybridized carbons (Fsp3) is 0.500. The van der Waals surface area contributed by atoms with Gasteiger partial charge >= 0.3 is 0 Å². The molecule has 1 aromatic rings. The lowest BCUT2D eigenvalue weighted by atomic mass is 10.1. The number of benzene rings is 1. The normalized spacial score (nSPS) is 18.3. The lowest BCUT2D eigenvalue weighted by molar-refractivity contribution is -0.121. The van der Waals surface area contributed by atoms with Gasteiger partial charge in [0, 0.05) is 19.3 Å². The average Bonchev–Trinajstić information content (AvgIpc) is 2.41. The van der Waals surface area contributed by atoms with E-state index >= 15 is 0 Å². The molecule has 18 heavy (non-hydrogen) atoms. The first-order chi connectivity index (χ1) is 8.75. The van der Waals surface area contributed by atoms with E-state index in [9.17, 15) is 4.79 Å². The van der Waals surface area contributed by atoms with Crippen molar-refractivity contribution in [2.75, 3.05) is 13.2 Å². The van der Waals surface area contributed by atoms with E-state index in [2.05, 4.69) is 17.9 Å². The van der Waals surface area contributed by atoms with E-state index in [1.165, 1.54) is 0 Å². The van der Waals surface area contributed by atoms with Crippen molar-refractivity contribution >= 4 is 18.5 Å². The van der Waals surface area contributed by atoms with Crippen molar-refractivity contribution in [3.8, 4) is 0 Å². The first-order valence-corrected chi connectivity index (χ1v) is 6.87. The molecule has 4 heteroatoms. The Balaban J connectivity index is 1.81. The Kier molecular flexibility index (Phi) is 5.08. The highest BCUT2D eigenvalue weighted by atomic mass is 32.1. The Morgan fingerprint density at radius 2 is 2.00 bits per heavy atom. The molecule has 1 aliphatic rings. The zero-order valence-electron chi connectivity index (χ0n) is 10.3. The van der Waals surface area contributed by atoms with Crippen LogP contribution in [0.1, 0.15) is 18.4 Å². The molecule has 1 aliphatic heterocycles. The summed E-state index contributed by atoms with van der Waals surface area (Å²) in [6.45, 7) is 1.47. The predicted molar refractivity (Wildman–Crippen MR) is 74.9 cm³/mol. The molecule has 0 radical (unpaired) electrons. The molecule has 0 spiro atoms. The zero-order chi connectivity index (χ0) is 12.8. The fourth-order valence-electron chi connectivity index (χ4n) is 2.07. The Morgan fingerprint density at radius 1 is 1.33 bits per heavy atom. The van der Waals surface area contributed by atoms with Gasteiger partial charge in [0.15, 0.2) is 0 Å². The standard InChI is InChI=1S/C14H19NO2S/c16-14(15-12-6-8-17-9-7-12)13(18)10-11-4-2-1-3-5-11/h1-5,12-13,18H,6-10H2,(H,15,16). The summed E-state index contributed by atoms with van der Waals surface area (Å²) in [6, 6.07) is 10.2. The first kappa shape index (κ1) is 13.4. The third-order valence-electron chi connectivity index (χ3n) is 3.14. The van der Waals surface area contributed by atoms with Crippen LogP contribution in [0.2, 0.25) is 0 Å². The lowest BCUT2D eigenvalue weighted by Crippen LogP contribution is -2.43. The molecular formula is C14H19NO2S. The maximum Gasteiger partial charge on any atom is 0.233 e. The summed E-state index contributed by atoms with van der Waals surface area (Å²) in [5, 5.41) is 2.76. The van der Waals surface area contributed by atoms with Crippen molar-refractivity contribution in [2.24, 2.45) is 0 Å². The monoisotopic (exact) mass is 265 g/mol. The van der Waals surface area contributed by atoms with Crippen LogP contribution in [-0.4, -0.2) is 30.4 Å². The van der Waals surface area contributed by atoms with Crippen LogP contribution in [0.25, 0.3) is 0 Å². The van der Waals surface area contributed by atoms with Crippen LogP contribution in [0.3, 0.4) is 0 Å². The molecule has 0 aliphatic carbocycles. The van der Waals surface area contributed by atoms with Gasteiger partial charge in [-0.1, -0.05) is 30.3 Å². The molecule has 1 aromatic carbocycles. The molecule has 2 rings (SSSR count). The number of amides is 1. The van der Waals surface area contributed by atoms with Gasteiger partial charge in [0.25, 0.3) is 0 Å². The number of thiol groups is 1. The second-order valence-electron chi connectivity index (χ2n) is 4.60. The van der Waals surface area contributed by atoms with E-state index in [-0.39, 0.29) is 17.2 Å². The molecule has 3 nitrogen and oxygen atoms in total. The van der Waals surface area contributed by atoms with E-state index in [0.717, 1.165) is 31.6 Å². The highest BCUT2D eigenvalue weighted by Gasteiger charge is 2.20. The van der Waals surface area contributed by atoms with Gasteiger partial charge < -0.3 is 10.1 Å². The Morgan fingerprint density at radius 3 is 2.67 bits per heavy atom. The van der Waals surface area contributed by atoms with Crippen LogP contribution >= 0.6 is 12.6 Å². The summed E-state index contributed by atoms with van der Waals surface area (Å²) in [4.78, 5) is 12.0. The molecule has 1 heterocycles. The molecular weight excluding hydrogens is 246 g/mol. The van der Waals surface area contributed by atoms with Crippen molar-refractivity contribution in [3.63, 3.8) is 0 Å². The first-order valence-electron chi connectivity index (χ1n) is 6.36. The molecule has 0 aromatic heterocycles. The topological polar surface area (TPSA) is 38.3 Å². The molecule has 0 bridgehead atoms. The van der Waals surface area contributed by atoms with Gasteiger partial charge in [-0.3, -0.25) is 4.79 Å². The zero-order valence-corrected chi connectivity index (χ0v) is 11.2. The van der Waals surface area contributed by atoms with Gasteiger partial charge in [0.05, 0.1) is 5.25 Å². The number of hydrogen-bond donors (Lipinski definition) is 2. The van der Waals surface area contributed by atoms with Gasteiger partial charge in [-0.2, -0.15) is 12.6 Å². The van der Waals surface area contributed by atoms with Crippen LogP contribution in [-0.2, 0) is 16.0 Å². The average molecular weight is 265 g/mol. The minimum Gasteiger partial charge on any atom is -0.381 e. The molecule has 1 fully saturated rings. The summed E-state index contributed by atoms with van der Waals surface area (Å²) in [7, 11) is 0. The van der Waals surface area contributed by atoms with Gasteiger partial charge in [-0.05, 0) is 24.8 Å². The van der Waals surface area contributed by atoms with Gasteiger partial charge in [-0.25, -0.2) is 0 Å². The molecule has 1 atom stereocenters. The van der Waals surface area contributed by atoms with E-state index in [1.54, 1.807) is 0 Å².